The molecule has 0 fully saturated rings. The minimum absolute atomic E-state index is 0.255. The molecule has 0 atom stereocenters. The number of benzene rings is 3. The van der Waals surface area contributed by atoms with E-state index in [9.17, 15) is 4.79 Å². The molecule has 31 heavy (non-hydrogen) atoms. The fraction of sp³-hybridized carbons (Fsp3) is 0.120. The summed E-state index contributed by atoms with van der Waals surface area (Å²) in [7, 11) is 0. The van der Waals surface area contributed by atoms with Crippen molar-refractivity contribution in [2.45, 2.75) is 20.5 Å². The molecule has 0 spiro atoms. The molecular formula is C25H19Br2NO3. The zero-order valence-corrected chi connectivity index (χ0v) is 20.2. The van der Waals surface area contributed by atoms with Crippen molar-refractivity contribution >= 4 is 49.8 Å². The first-order valence-electron chi connectivity index (χ1n) is 9.66. The topological polar surface area (TPSA) is 47.9 Å². The summed E-state index contributed by atoms with van der Waals surface area (Å²) in [5, 5.41) is 0. The van der Waals surface area contributed by atoms with Gasteiger partial charge >= 0.3 is 5.97 Å². The monoisotopic (exact) mass is 539 g/mol. The lowest BCUT2D eigenvalue weighted by Crippen LogP contribution is -2.06. The van der Waals surface area contributed by atoms with Gasteiger partial charge in [-0.05, 0) is 86.7 Å². The number of hydrogen-bond donors (Lipinski definition) is 0. The summed E-state index contributed by atoms with van der Waals surface area (Å²) in [6.45, 7) is 4.46. The first kappa shape index (κ1) is 21.5. The highest BCUT2D eigenvalue weighted by atomic mass is 79.9. The van der Waals surface area contributed by atoms with Crippen molar-refractivity contribution in [1.29, 1.82) is 0 Å². The van der Waals surface area contributed by atoms with Crippen LogP contribution in [0.4, 0.5) is 0 Å². The Morgan fingerprint density at radius 2 is 1.74 bits per heavy atom. The number of cyclic esters (lactones) is 1. The molecule has 0 N–H and O–H groups in total. The van der Waals surface area contributed by atoms with Gasteiger partial charge in [-0.25, -0.2) is 9.79 Å². The molecule has 1 aliphatic rings. The first-order chi connectivity index (χ1) is 14.9. The van der Waals surface area contributed by atoms with Gasteiger partial charge in [-0.15, -0.1) is 0 Å². The van der Waals surface area contributed by atoms with Crippen molar-refractivity contribution in [3.8, 4) is 5.75 Å². The van der Waals surface area contributed by atoms with Crippen molar-refractivity contribution in [2.24, 2.45) is 4.99 Å². The van der Waals surface area contributed by atoms with Crippen LogP contribution in [0.25, 0.3) is 6.08 Å². The molecule has 156 valence electrons. The largest absolute Gasteiger partial charge is 0.487 e. The fourth-order valence-electron chi connectivity index (χ4n) is 3.25. The molecule has 1 aliphatic heterocycles. The molecule has 6 heteroatoms. The molecule has 4 rings (SSSR count). The highest BCUT2D eigenvalue weighted by Crippen LogP contribution is 2.36. The Morgan fingerprint density at radius 3 is 2.45 bits per heavy atom. The van der Waals surface area contributed by atoms with Gasteiger partial charge in [-0.3, -0.25) is 0 Å². The lowest BCUT2D eigenvalue weighted by molar-refractivity contribution is -0.129. The van der Waals surface area contributed by atoms with Crippen LogP contribution in [0.1, 0.15) is 27.8 Å². The summed E-state index contributed by atoms with van der Waals surface area (Å²) in [4.78, 5) is 16.7. The third-order valence-corrected chi connectivity index (χ3v) is 5.96. The fourth-order valence-corrected chi connectivity index (χ4v) is 4.70. The third-order valence-electron chi connectivity index (χ3n) is 4.79. The minimum Gasteiger partial charge on any atom is -0.487 e. The average molecular weight is 541 g/mol. The molecule has 0 aliphatic carbocycles. The predicted octanol–water partition coefficient (Wildman–Crippen LogP) is 6.75. The number of carbonyl (C=O) groups excluding carboxylic acids is 1. The lowest BCUT2D eigenvalue weighted by atomic mass is 10.1. The van der Waals surface area contributed by atoms with Gasteiger partial charge in [0.15, 0.2) is 5.70 Å². The second-order valence-corrected chi connectivity index (χ2v) is 8.95. The third kappa shape index (κ3) is 4.97. The number of nitrogens with zero attached hydrogens (tertiary/aromatic N) is 1. The van der Waals surface area contributed by atoms with E-state index in [2.05, 4.69) is 55.9 Å². The van der Waals surface area contributed by atoms with Crippen LogP contribution in [0.2, 0.25) is 0 Å². The predicted molar refractivity (Wildman–Crippen MR) is 129 cm³/mol. The second-order valence-electron chi connectivity index (χ2n) is 7.24. The van der Waals surface area contributed by atoms with Crippen molar-refractivity contribution < 1.29 is 14.3 Å². The molecule has 0 aromatic heterocycles. The van der Waals surface area contributed by atoms with Gasteiger partial charge in [0.25, 0.3) is 0 Å². The molecule has 3 aromatic carbocycles. The maximum Gasteiger partial charge on any atom is 0.363 e. The quantitative estimate of drug-likeness (QED) is 0.265. The average Bonchev–Trinajstić information content (AvgIpc) is 3.08. The van der Waals surface area contributed by atoms with Gasteiger partial charge < -0.3 is 9.47 Å². The van der Waals surface area contributed by atoms with Crippen molar-refractivity contribution in [1.82, 2.24) is 0 Å². The summed E-state index contributed by atoms with van der Waals surface area (Å²) in [5.74, 6) is 0.553. The van der Waals surface area contributed by atoms with Gasteiger partial charge in [0.05, 0.1) is 8.95 Å². The molecule has 0 saturated heterocycles. The van der Waals surface area contributed by atoms with E-state index in [1.807, 2.05) is 55.5 Å². The lowest BCUT2D eigenvalue weighted by Gasteiger charge is -2.12. The molecule has 1 heterocycles. The first-order valence-corrected chi connectivity index (χ1v) is 11.3. The highest BCUT2D eigenvalue weighted by molar-refractivity contribution is 9.11. The van der Waals surface area contributed by atoms with Gasteiger partial charge in [0, 0.05) is 5.56 Å². The smallest absolute Gasteiger partial charge is 0.363 e. The number of halogens is 2. The van der Waals surface area contributed by atoms with Gasteiger partial charge in [0.1, 0.15) is 12.4 Å². The number of hydrogen-bond acceptors (Lipinski definition) is 4. The van der Waals surface area contributed by atoms with E-state index in [-0.39, 0.29) is 5.70 Å². The number of aryl methyl sites for hydroxylation is 2. The van der Waals surface area contributed by atoms with Gasteiger partial charge in [-0.1, -0.05) is 48.0 Å². The van der Waals surface area contributed by atoms with E-state index < -0.39 is 5.97 Å². The molecule has 3 aromatic rings. The molecule has 0 saturated carbocycles. The second kappa shape index (κ2) is 9.20. The molecule has 0 amide bonds. The Labute approximate surface area is 197 Å². The maximum atomic E-state index is 12.3. The maximum absolute atomic E-state index is 12.3. The number of rotatable bonds is 5. The minimum atomic E-state index is -0.467. The summed E-state index contributed by atoms with van der Waals surface area (Å²) >= 11 is 7.14. The van der Waals surface area contributed by atoms with Crippen molar-refractivity contribution in [3.05, 3.63) is 103 Å². The Bertz CT molecular complexity index is 1210. The van der Waals surface area contributed by atoms with E-state index in [0.717, 1.165) is 31.2 Å². The number of esters is 1. The Morgan fingerprint density at radius 1 is 1.00 bits per heavy atom. The SMILES string of the molecule is Cc1cccc(COc2c(Br)cc(/C=C3\N=C(c4ccccc4C)OC3=O)cc2Br)c1. The zero-order chi connectivity index (χ0) is 22.0. The molecule has 4 nitrogen and oxygen atoms in total. The van der Waals surface area contributed by atoms with Crippen LogP contribution < -0.4 is 4.74 Å². The van der Waals surface area contributed by atoms with Crippen LogP contribution in [-0.4, -0.2) is 11.9 Å². The van der Waals surface area contributed by atoms with E-state index in [1.165, 1.54) is 5.56 Å². The van der Waals surface area contributed by atoms with E-state index in [1.54, 1.807) is 6.08 Å². The molecular weight excluding hydrogens is 522 g/mol. The highest BCUT2D eigenvalue weighted by Gasteiger charge is 2.25. The number of aliphatic imine (C=N–C) groups is 1. The normalized spacial score (nSPS) is 14.5. The summed E-state index contributed by atoms with van der Waals surface area (Å²) < 4.78 is 12.9. The van der Waals surface area contributed by atoms with Crippen LogP contribution in [0.3, 0.4) is 0 Å². The van der Waals surface area contributed by atoms with Crippen molar-refractivity contribution in [3.63, 3.8) is 0 Å². The Kier molecular flexibility index (Phi) is 6.39. The summed E-state index contributed by atoms with van der Waals surface area (Å²) in [6.07, 6.45) is 1.70. The summed E-state index contributed by atoms with van der Waals surface area (Å²) in [5.41, 5.74) is 5.14. The van der Waals surface area contributed by atoms with Crippen molar-refractivity contribution in [2.75, 3.05) is 0 Å². The van der Waals surface area contributed by atoms with Crippen LogP contribution in [-0.2, 0) is 16.1 Å². The van der Waals surface area contributed by atoms with E-state index >= 15 is 0 Å². The van der Waals surface area contributed by atoms with Crippen LogP contribution in [0.15, 0.2) is 80.3 Å². The van der Waals surface area contributed by atoms with Crippen LogP contribution in [0, 0.1) is 13.8 Å². The summed E-state index contributed by atoms with van der Waals surface area (Å²) in [6, 6.07) is 19.6. The van der Waals surface area contributed by atoms with E-state index in [4.69, 9.17) is 9.47 Å². The zero-order valence-electron chi connectivity index (χ0n) is 17.0. The van der Waals surface area contributed by atoms with Gasteiger partial charge in [-0.2, -0.15) is 0 Å². The molecule has 0 unspecified atom stereocenters. The molecule has 0 radical (unpaired) electrons. The van der Waals surface area contributed by atoms with Crippen LogP contribution >= 0.6 is 31.9 Å². The standard InChI is InChI=1S/C25H19Br2NO3/c1-15-6-5-8-17(10-15)14-30-23-20(26)11-18(12-21(23)27)13-22-25(29)31-24(28-22)19-9-4-3-7-16(19)2/h3-13H,14H2,1-2H3/b22-13-. The number of ether oxygens (including phenoxy) is 2. The van der Waals surface area contributed by atoms with Gasteiger partial charge in [0.2, 0.25) is 5.90 Å². The number of carbonyl (C=O) groups is 1. The molecule has 0 bridgehead atoms. The van der Waals surface area contributed by atoms with E-state index in [0.29, 0.717) is 18.3 Å². The Hall–Kier alpha value is -2.70. The van der Waals surface area contributed by atoms with Crippen LogP contribution in [0.5, 0.6) is 5.75 Å². The Balaban J connectivity index is 1.57.